The van der Waals surface area contributed by atoms with Crippen LogP contribution >= 0.6 is 0 Å². The molecule has 19 heavy (non-hydrogen) atoms. The van der Waals surface area contributed by atoms with E-state index < -0.39 is 11.7 Å². The normalized spacial score (nSPS) is 10.6. The summed E-state index contributed by atoms with van der Waals surface area (Å²) in [7, 11) is 0. The molecule has 2 aromatic carbocycles. The van der Waals surface area contributed by atoms with Crippen molar-refractivity contribution < 1.29 is 14.3 Å². The molecule has 5 heteroatoms. The van der Waals surface area contributed by atoms with Gasteiger partial charge in [-0.25, -0.2) is 9.82 Å². The summed E-state index contributed by atoms with van der Waals surface area (Å²) in [5.74, 6) is -1.13. The first-order chi connectivity index (χ1) is 9.16. The average molecular weight is 258 g/mol. The number of benzene rings is 2. The number of carbonyl (C=O) groups is 1. The smallest absolute Gasteiger partial charge is 0.274 e. The Morgan fingerprint density at radius 2 is 2.00 bits per heavy atom. The molecule has 0 unspecified atom stereocenters. The Kier molecular flexibility index (Phi) is 3.87. The van der Waals surface area contributed by atoms with Gasteiger partial charge in [-0.2, -0.15) is 5.10 Å². The summed E-state index contributed by atoms with van der Waals surface area (Å²) in [5.41, 5.74) is 2.76. The van der Waals surface area contributed by atoms with E-state index in [-0.39, 0.29) is 11.3 Å². The summed E-state index contributed by atoms with van der Waals surface area (Å²) in [4.78, 5) is 11.6. The first kappa shape index (κ1) is 12.8. The van der Waals surface area contributed by atoms with Crippen molar-refractivity contribution in [1.82, 2.24) is 5.43 Å². The number of phenols is 1. The van der Waals surface area contributed by atoms with Gasteiger partial charge in [-0.1, -0.05) is 24.3 Å². The van der Waals surface area contributed by atoms with Crippen LogP contribution < -0.4 is 5.43 Å². The molecule has 0 aliphatic carbocycles. The van der Waals surface area contributed by atoms with Gasteiger partial charge in [0.15, 0.2) is 0 Å². The molecule has 2 aromatic rings. The molecular formula is C14H11FN2O2. The van der Waals surface area contributed by atoms with Crippen LogP contribution in [0, 0.1) is 5.82 Å². The fourth-order valence-electron chi connectivity index (χ4n) is 1.48. The van der Waals surface area contributed by atoms with E-state index in [1.807, 2.05) is 0 Å². The lowest BCUT2D eigenvalue weighted by atomic mass is 10.2. The van der Waals surface area contributed by atoms with E-state index in [1.165, 1.54) is 36.5 Å². The first-order valence-corrected chi connectivity index (χ1v) is 5.54. The predicted molar refractivity (Wildman–Crippen MR) is 69.6 cm³/mol. The molecule has 0 atom stereocenters. The molecule has 4 nitrogen and oxygen atoms in total. The van der Waals surface area contributed by atoms with E-state index in [2.05, 4.69) is 10.5 Å². The number of nitrogens with zero attached hydrogens (tertiary/aromatic N) is 1. The highest BCUT2D eigenvalue weighted by Gasteiger charge is 2.08. The maximum Gasteiger partial charge on any atom is 0.274 e. The van der Waals surface area contributed by atoms with Crippen LogP contribution in [0.4, 0.5) is 4.39 Å². The summed E-state index contributed by atoms with van der Waals surface area (Å²) >= 11 is 0. The molecule has 2 N–H and O–H groups in total. The highest BCUT2D eigenvalue weighted by Crippen LogP contribution is 2.09. The van der Waals surface area contributed by atoms with Gasteiger partial charge in [0.2, 0.25) is 0 Å². The lowest BCUT2D eigenvalue weighted by Crippen LogP contribution is -2.18. The van der Waals surface area contributed by atoms with Crippen molar-refractivity contribution in [3.05, 3.63) is 65.5 Å². The van der Waals surface area contributed by atoms with Gasteiger partial charge in [-0.3, -0.25) is 4.79 Å². The summed E-state index contributed by atoms with van der Waals surface area (Å²) in [6, 6.07) is 12.0. The highest BCUT2D eigenvalue weighted by atomic mass is 19.1. The Morgan fingerprint density at radius 1 is 1.21 bits per heavy atom. The Bertz CT molecular complexity index is 626. The zero-order valence-electron chi connectivity index (χ0n) is 9.88. The number of carbonyl (C=O) groups excluding carboxylic acids is 1. The lowest BCUT2D eigenvalue weighted by Gasteiger charge is -2.00. The summed E-state index contributed by atoms with van der Waals surface area (Å²) in [6.07, 6.45) is 1.36. The Morgan fingerprint density at radius 3 is 2.74 bits per heavy atom. The maximum atomic E-state index is 13.3. The molecule has 0 spiro atoms. The van der Waals surface area contributed by atoms with Crippen molar-refractivity contribution >= 4 is 12.1 Å². The minimum atomic E-state index is -0.630. The van der Waals surface area contributed by atoms with E-state index in [9.17, 15) is 14.3 Å². The molecule has 0 aliphatic rings. The molecule has 2 rings (SSSR count). The molecule has 0 aromatic heterocycles. The second kappa shape index (κ2) is 5.77. The average Bonchev–Trinajstić information content (AvgIpc) is 2.39. The molecule has 0 saturated heterocycles. The number of aromatic hydroxyl groups is 1. The Balaban J connectivity index is 2.03. The number of hydrogen-bond donors (Lipinski definition) is 2. The summed E-state index contributed by atoms with van der Waals surface area (Å²) < 4.78 is 13.3. The minimum Gasteiger partial charge on any atom is -0.508 e. The van der Waals surface area contributed by atoms with Gasteiger partial charge in [0.05, 0.1) is 11.8 Å². The van der Waals surface area contributed by atoms with Crippen molar-refractivity contribution in [2.75, 3.05) is 0 Å². The molecule has 96 valence electrons. The van der Waals surface area contributed by atoms with Crippen LogP contribution in [0.3, 0.4) is 0 Å². The maximum absolute atomic E-state index is 13.3. The number of phenolic OH excluding ortho intramolecular Hbond substituents is 1. The van der Waals surface area contributed by atoms with Gasteiger partial charge in [0.25, 0.3) is 5.91 Å². The van der Waals surface area contributed by atoms with Crippen molar-refractivity contribution in [3.63, 3.8) is 0 Å². The fourth-order valence-corrected chi connectivity index (χ4v) is 1.48. The van der Waals surface area contributed by atoms with Crippen LogP contribution in [0.1, 0.15) is 15.9 Å². The highest BCUT2D eigenvalue weighted by molar-refractivity contribution is 5.95. The molecule has 1 amide bonds. The van der Waals surface area contributed by atoms with Crippen LogP contribution in [0.2, 0.25) is 0 Å². The second-order valence-corrected chi connectivity index (χ2v) is 3.77. The van der Waals surface area contributed by atoms with E-state index >= 15 is 0 Å². The van der Waals surface area contributed by atoms with Crippen LogP contribution in [-0.4, -0.2) is 17.2 Å². The van der Waals surface area contributed by atoms with Crippen LogP contribution in [0.25, 0.3) is 0 Å². The largest absolute Gasteiger partial charge is 0.508 e. The van der Waals surface area contributed by atoms with Gasteiger partial charge in [0, 0.05) is 0 Å². The third-order valence-electron chi connectivity index (χ3n) is 2.37. The second-order valence-electron chi connectivity index (χ2n) is 3.77. The van der Waals surface area contributed by atoms with Crippen molar-refractivity contribution in [2.24, 2.45) is 5.10 Å². The number of hydrazone groups is 1. The summed E-state index contributed by atoms with van der Waals surface area (Å²) in [5, 5.41) is 12.9. The van der Waals surface area contributed by atoms with Crippen LogP contribution in [0.15, 0.2) is 53.6 Å². The van der Waals surface area contributed by atoms with E-state index in [0.717, 1.165) is 0 Å². The number of nitrogens with one attached hydrogen (secondary N) is 1. The molecule has 0 fully saturated rings. The third-order valence-corrected chi connectivity index (χ3v) is 2.37. The Labute approximate surface area is 109 Å². The number of amides is 1. The van der Waals surface area contributed by atoms with Crippen LogP contribution in [0.5, 0.6) is 5.75 Å². The standard InChI is InChI=1S/C14H11FN2O2/c15-13-7-2-1-6-12(13)14(19)17-16-9-10-4-3-5-11(18)8-10/h1-9,18H,(H,17,19). The zero-order chi connectivity index (χ0) is 13.7. The number of halogens is 1. The number of rotatable bonds is 3. The quantitative estimate of drug-likeness (QED) is 0.655. The van der Waals surface area contributed by atoms with Crippen LogP contribution in [-0.2, 0) is 0 Å². The van der Waals surface area contributed by atoms with E-state index in [0.29, 0.717) is 5.56 Å². The zero-order valence-corrected chi connectivity index (χ0v) is 9.88. The summed E-state index contributed by atoms with van der Waals surface area (Å²) in [6.45, 7) is 0. The minimum absolute atomic E-state index is 0.0736. The van der Waals surface area contributed by atoms with E-state index in [4.69, 9.17) is 0 Å². The van der Waals surface area contributed by atoms with Gasteiger partial charge in [-0.15, -0.1) is 0 Å². The fraction of sp³-hybridized carbons (Fsp3) is 0. The SMILES string of the molecule is O=C(NN=Cc1cccc(O)c1)c1ccccc1F. The molecular weight excluding hydrogens is 247 g/mol. The van der Waals surface area contributed by atoms with Crippen molar-refractivity contribution in [3.8, 4) is 5.75 Å². The van der Waals surface area contributed by atoms with Gasteiger partial charge >= 0.3 is 0 Å². The first-order valence-electron chi connectivity index (χ1n) is 5.54. The molecule has 0 saturated carbocycles. The lowest BCUT2D eigenvalue weighted by molar-refractivity contribution is 0.0951. The Hall–Kier alpha value is -2.69. The van der Waals surface area contributed by atoms with Gasteiger partial charge < -0.3 is 5.11 Å². The predicted octanol–water partition coefficient (Wildman–Crippen LogP) is 2.30. The van der Waals surface area contributed by atoms with Gasteiger partial charge in [-0.05, 0) is 29.8 Å². The molecule has 0 heterocycles. The monoisotopic (exact) mass is 258 g/mol. The molecule has 0 radical (unpaired) electrons. The van der Waals surface area contributed by atoms with Crippen molar-refractivity contribution in [1.29, 1.82) is 0 Å². The number of hydrogen-bond acceptors (Lipinski definition) is 3. The molecule has 0 bridgehead atoms. The van der Waals surface area contributed by atoms with E-state index in [1.54, 1.807) is 18.2 Å². The van der Waals surface area contributed by atoms with Gasteiger partial charge in [0.1, 0.15) is 11.6 Å². The van der Waals surface area contributed by atoms with Crippen molar-refractivity contribution in [2.45, 2.75) is 0 Å². The molecule has 0 aliphatic heterocycles. The topological polar surface area (TPSA) is 61.7 Å². The third kappa shape index (κ3) is 3.38.